The highest BCUT2D eigenvalue weighted by Gasteiger charge is 2.22. The van der Waals surface area contributed by atoms with Crippen LogP contribution in [0.25, 0.3) is 0 Å². The van der Waals surface area contributed by atoms with Gasteiger partial charge in [0.1, 0.15) is 5.75 Å². The molecule has 1 heterocycles. The number of ether oxygens (including phenoxy) is 1. The van der Waals surface area contributed by atoms with E-state index in [1.54, 1.807) is 12.1 Å². The molecule has 0 aromatic heterocycles. The van der Waals surface area contributed by atoms with E-state index in [-0.39, 0.29) is 18.2 Å². The van der Waals surface area contributed by atoms with Crippen molar-refractivity contribution in [3.05, 3.63) is 29.8 Å². The number of benzene rings is 1. The van der Waals surface area contributed by atoms with Crippen molar-refractivity contribution in [2.75, 3.05) is 19.6 Å². The molecule has 1 aromatic rings. The Morgan fingerprint density at radius 3 is 2.76 bits per heavy atom. The second kappa shape index (κ2) is 9.18. The fourth-order valence-corrected chi connectivity index (χ4v) is 2.69. The van der Waals surface area contributed by atoms with E-state index >= 15 is 0 Å². The quantitative estimate of drug-likeness (QED) is 0.834. The first-order valence-electron chi connectivity index (χ1n) is 7.18. The van der Waals surface area contributed by atoms with Gasteiger partial charge in [-0.25, -0.2) is 0 Å². The van der Waals surface area contributed by atoms with E-state index in [0.717, 1.165) is 38.0 Å². The fourth-order valence-electron chi connectivity index (χ4n) is 2.69. The molecule has 1 N–H and O–H groups in total. The van der Waals surface area contributed by atoms with Crippen LogP contribution in [0.5, 0.6) is 5.75 Å². The number of nitrogens with one attached hydrogen (secondary N) is 1. The van der Waals surface area contributed by atoms with E-state index in [9.17, 15) is 8.78 Å². The lowest BCUT2D eigenvalue weighted by atomic mass is 10.1. The first kappa shape index (κ1) is 18.1. The summed E-state index contributed by atoms with van der Waals surface area (Å²) in [6.45, 7) is 2.98. The summed E-state index contributed by atoms with van der Waals surface area (Å²) >= 11 is 0. The number of nitrogens with zero attached hydrogens (tertiary/aromatic N) is 1. The number of hydrogen-bond donors (Lipinski definition) is 1. The van der Waals surface area contributed by atoms with Crippen molar-refractivity contribution in [1.29, 1.82) is 0 Å². The predicted molar refractivity (Wildman–Crippen MR) is 82.3 cm³/mol. The highest BCUT2D eigenvalue weighted by Crippen LogP contribution is 2.23. The van der Waals surface area contributed by atoms with Gasteiger partial charge in [-0.3, -0.25) is 4.90 Å². The predicted octanol–water partition coefficient (Wildman–Crippen LogP) is 3.28. The van der Waals surface area contributed by atoms with Crippen LogP contribution in [0.4, 0.5) is 8.78 Å². The number of alkyl halides is 2. The number of hydrogen-bond acceptors (Lipinski definition) is 3. The third kappa shape index (κ3) is 5.41. The van der Waals surface area contributed by atoms with Crippen LogP contribution in [0.15, 0.2) is 24.3 Å². The van der Waals surface area contributed by atoms with Gasteiger partial charge in [-0.2, -0.15) is 8.78 Å². The lowest BCUT2D eigenvalue weighted by Gasteiger charge is -2.28. The van der Waals surface area contributed by atoms with E-state index in [0.29, 0.717) is 12.6 Å². The Morgan fingerprint density at radius 1 is 1.38 bits per heavy atom. The van der Waals surface area contributed by atoms with E-state index in [1.807, 2.05) is 12.1 Å². The molecule has 2 rings (SSSR count). The third-order valence-corrected chi connectivity index (χ3v) is 3.62. The van der Waals surface area contributed by atoms with Gasteiger partial charge in [0.05, 0.1) is 0 Å². The molecule has 21 heavy (non-hydrogen) atoms. The van der Waals surface area contributed by atoms with Crippen molar-refractivity contribution >= 4 is 12.4 Å². The molecule has 1 aliphatic rings. The maximum atomic E-state index is 12.4. The second-order valence-corrected chi connectivity index (χ2v) is 5.10. The minimum absolute atomic E-state index is 0. The Morgan fingerprint density at radius 2 is 2.14 bits per heavy atom. The van der Waals surface area contributed by atoms with Crippen molar-refractivity contribution in [2.45, 2.75) is 39.0 Å². The minimum Gasteiger partial charge on any atom is -0.434 e. The van der Waals surface area contributed by atoms with Crippen molar-refractivity contribution in [3.8, 4) is 5.75 Å². The van der Waals surface area contributed by atoms with Gasteiger partial charge >= 0.3 is 6.61 Å². The molecule has 0 aliphatic carbocycles. The molecule has 0 bridgehead atoms. The molecule has 0 spiro atoms. The Balaban J connectivity index is 0.00000220. The molecule has 6 heteroatoms. The summed E-state index contributed by atoms with van der Waals surface area (Å²) in [4.78, 5) is 2.35. The van der Waals surface area contributed by atoms with Crippen molar-refractivity contribution in [2.24, 2.45) is 0 Å². The molecular weight excluding hydrogens is 298 g/mol. The Hall–Kier alpha value is -0.910. The molecule has 0 amide bonds. The van der Waals surface area contributed by atoms with Gasteiger partial charge in [0.15, 0.2) is 0 Å². The smallest absolute Gasteiger partial charge is 0.387 e. The van der Waals surface area contributed by atoms with Crippen LogP contribution >= 0.6 is 12.4 Å². The molecule has 1 atom stereocenters. The number of rotatable bonds is 7. The van der Waals surface area contributed by atoms with Crippen molar-refractivity contribution < 1.29 is 13.5 Å². The minimum atomic E-state index is -2.77. The topological polar surface area (TPSA) is 24.5 Å². The standard InChI is InChI=1S/C15H22F2N2O.ClH/c1-2-9-19(13-7-8-18-10-13)11-12-5-3-4-6-14(12)20-15(16)17;/h3-6,13,15,18H,2,7-11H2,1H3;1H. The largest absolute Gasteiger partial charge is 0.434 e. The lowest BCUT2D eigenvalue weighted by molar-refractivity contribution is -0.0508. The Bertz CT molecular complexity index is 414. The second-order valence-electron chi connectivity index (χ2n) is 5.10. The van der Waals surface area contributed by atoms with Gasteiger partial charge in [0.25, 0.3) is 0 Å². The van der Waals surface area contributed by atoms with Crippen LogP contribution < -0.4 is 10.1 Å². The average molecular weight is 321 g/mol. The zero-order chi connectivity index (χ0) is 14.4. The van der Waals surface area contributed by atoms with Crippen LogP contribution in [0.3, 0.4) is 0 Å². The lowest BCUT2D eigenvalue weighted by Crippen LogP contribution is -2.37. The molecular formula is C15H23ClF2N2O. The van der Waals surface area contributed by atoms with Gasteiger partial charge in [0, 0.05) is 24.7 Å². The SMILES string of the molecule is CCCN(Cc1ccccc1OC(F)F)C1CCNC1.Cl. The van der Waals surface area contributed by atoms with Gasteiger partial charge in [-0.15, -0.1) is 12.4 Å². The molecule has 0 saturated carbocycles. The van der Waals surface area contributed by atoms with Gasteiger partial charge in [0.2, 0.25) is 0 Å². The van der Waals surface area contributed by atoms with Gasteiger partial charge in [-0.1, -0.05) is 25.1 Å². The highest BCUT2D eigenvalue weighted by atomic mass is 35.5. The molecule has 1 saturated heterocycles. The summed E-state index contributed by atoms with van der Waals surface area (Å²) in [5.74, 6) is 0.287. The van der Waals surface area contributed by atoms with Crippen LogP contribution in [0.1, 0.15) is 25.3 Å². The average Bonchev–Trinajstić information content (AvgIpc) is 2.93. The summed E-state index contributed by atoms with van der Waals surface area (Å²) < 4.78 is 29.5. The monoisotopic (exact) mass is 320 g/mol. The highest BCUT2D eigenvalue weighted by molar-refractivity contribution is 5.85. The molecule has 1 unspecified atom stereocenters. The summed E-state index contributed by atoms with van der Waals surface area (Å²) in [6.07, 6.45) is 2.16. The normalized spacial score (nSPS) is 18.0. The third-order valence-electron chi connectivity index (χ3n) is 3.62. The van der Waals surface area contributed by atoms with Crippen LogP contribution in [-0.4, -0.2) is 37.2 Å². The van der Waals surface area contributed by atoms with E-state index in [1.165, 1.54) is 0 Å². The molecule has 0 radical (unpaired) electrons. The molecule has 120 valence electrons. The summed E-state index contributed by atoms with van der Waals surface area (Å²) in [7, 11) is 0. The van der Waals surface area contributed by atoms with E-state index < -0.39 is 6.61 Å². The zero-order valence-electron chi connectivity index (χ0n) is 12.2. The van der Waals surface area contributed by atoms with Crippen LogP contribution in [0, 0.1) is 0 Å². The summed E-state index contributed by atoms with van der Waals surface area (Å²) in [5, 5.41) is 3.35. The Kier molecular flexibility index (Phi) is 7.93. The van der Waals surface area contributed by atoms with Crippen molar-refractivity contribution in [1.82, 2.24) is 10.2 Å². The van der Waals surface area contributed by atoms with E-state index in [2.05, 4.69) is 21.9 Å². The summed E-state index contributed by atoms with van der Waals surface area (Å²) in [5.41, 5.74) is 0.827. The van der Waals surface area contributed by atoms with Gasteiger partial charge < -0.3 is 10.1 Å². The van der Waals surface area contributed by atoms with Crippen molar-refractivity contribution in [3.63, 3.8) is 0 Å². The maximum absolute atomic E-state index is 12.4. The van der Waals surface area contributed by atoms with Crippen LogP contribution in [-0.2, 0) is 6.54 Å². The molecule has 1 aromatic carbocycles. The van der Waals surface area contributed by atoms with E-state index in [4.69, 9.17) is 0 Å². The molecule has 1 fully saturated rings. The van der Waals surface area contributed by atoms with Crippen LogP contribution in [0.2, 0.25) is 0 Å². The number of halogens is 3. The first-order chi connectivity index (χ1) is 9.70. The Labute approximate surface area is 131 Å². The first-order valence-corrected chi connectivity index (χ1v) is 7.18. The zero-order valence-corrected chi connectivity index (χ0v) is 13.0. The number of para-hydroxylation sites is 1. The summed E-state index contributed by atoms with van der Waals surface area (Å²) in [6, 6.07) is 7.55. The molecule has 1 aliphatic heterocycles. The fraction of sp³-hybridized carbons (Fsp3) is 0.600. The maximum Gasteiger partial charge on any atom is 0.387 e. The molecule has 3 nitrogen and oxygen atoms in total. The van der Waals surface area contributed by atoms with Gasteiger partial charge in [-0.05, 0) is 32.0 Å².